The quantitative estimate of drug-likeness (QED) is 0.524. The molecule has 0 aliphatic carbocycles. The smallest absolute Gasteiger partial charge is 0.367 e. The van der Waals surface area contributed by atoms with Gasteiger partial charge in [-0.25, -0.2) is 4.79 Å². The molecule has 0 spiro atoms. The van der Waals surface area contributed by atoms with Gasteiger partial charge in [0.2, 0.25) is 0 Å². The van der Waals surface area contributed by atoms with Crippen molar-refractivity contribution in [1.82, 2.24) is 19.8 Å². The van der Waals surface area contributed by atoms with Gasteiger partial charge in [-0.3, -0.25) is 0 Å². The second kappa shape index (κ2) is 5.32. The van der Waals surface area contributed by atoms with Crippen molar-refractivity contribution in [3.8, 4) is 0 Å². The Morgan fingerprint density at radius 1 is 0.893 bits per heavy atom. The monoisotopic (exact) mass is 372 g/mol. The van der Waals surface area contributed by atoms with Crippen LogP contribution >= 0.6 is 0 Å². The summed E-state index contributed by atoms with van der Waals surface area (Å²) in [5.74, 6) is -0.528. The predicted octanol–water partition coefficient (Wildman–Crippen LogP) is 1.67. The molecule has 3 aliphatic rings. The van der Waals surface area contributed by atoms with Crippen LogP contribution in [0.25, 0.3) is 23.8 Å². The molecular formula is C21H16N4O3. The predicted molar refractivity (Wildman–Crippen MR) is 102 cm³/mol. The summed E-state index contributed by atoms with van der Waals surface area (Å²) in [5, 5.41) is 13.7. The third-order valence-corrected chi connectivity index (χ3v) is 5.33. The molecule has 6 heterocycles. The minimum absolute atomic E-state index is 0.278. The average molecular weight is 372 g/mol. The summed E-state index contributed by atoms with van der Waals surface area (Å²) in [6.07, 6.45) is 7.25. The van der Waals surface area contributed by atoms with Gasteiger partial charge in [0.25, 0.3) is 0 Å². The molecule has 7 nitrogen and oxygen atoms in total. The van der Waals surface area contributed by atoms with E-state index < -0.39 is 5.97 Å². The third-order valence-electron chi connectivity index (χ3n) is 5.33. The molecule has 3 aliphatic heterocycles. The molecule has 3 aromatic rings. The number of hydrogen-bond acceptors (Lipinski definition) is 4. The van der Waals surface area contributed by atoms with E-state index in [4.69, 9.17) is 4.84 Å². The standard InChI is InChI=1S/C21H16N4O3/c26-21-20-18-7-3-13(23-18)9-12-1-2-14(22-12)10-16-4-5-17(25(16)28-21)11-15-6-8-19(20)24(15)27/h1-3,6-11,22-23,27H,4-5H2. The van der Waals surface area contributed by atoms with Crippen LogP contribution in [0.5, 0.6) is 0 Å². The first-order valence-electron chi connectivity index (χ1n) is 9.11. The number of fused-ring (bicyclic) bond motifs is 9. The Morgan fingerprint density at radius 2 is 1.68 bits per heavy atom. The van der Waals surface area contributed by atoms with Crippen molar-refractivity contribution in [2.24, 2.45) is 0 Å². The Bertz CT molecular complexity index is 1330. The molecule has 28 heavy (non-hydrogen) atoms. The van der Waals surface area contributed by atoms with Crippen LogP contribution in [-0.2, 0) is 9.63 Å². The van der Waals surface area contributed by atoms with Gasteiger partial charge in [-0.15, -0.1) is 0 Å². The minimum Gasteiger partial charge on any atom is -0.428 e. The molecule has 0 amide bonds. The normalized spacial score (nSPS) is 17.4. The number of allylic oxidation sites excluding steroid dienone is 2. The van der Waals surface area contributed by atoms with Crippen molar-refractivity contribution in [2.75, 3.05) is 0 Å². The summed E-state index contributed by atoms with van der Waals surface area (Å²) in [6, 6.07) is 11.2. The van der Waals surface area contributed by atoms with Gasteiger partial charge in [0.15, 0.2) is 0 Å². The molecule has 0 atom stereocenters. The first-order valence-corrected chi connectivity index (χ1v) is 9.11. The van der Waals surface area contributed by atoms with E-state index in [1.165, 1.54) is 0 Å². The number of aromatic nitrogens is 3. The number of nitrogens with zero attached hydrogens (tertiary/aromatic N) is 2. The zero-order chi connectivity index (χ0) is 18.8. The lowest BCUT2D eigenvalue weighted by molar-refractivity contribution is -0.164. The van der Waals surface area contributed by atoms with Crippen molar-refractivity contribution in [1.29, 1.82) is 0 Å². The molecule has 0 radical (unpaired) electrons. The lowest BCUT2D eigenvalue weighted by Gasteiger charge is -2.20. The maximum Gasteiger partial charge on any atom is 0.367 e. The molecule has 0 unspecified atom stereocenters. The van der Waals surface area contributed by atoms with Crippen LogP contribution < -0.4 is 10.7 Å². The number of rotatable bonds is 0. The van der Waals surface area contributed by atoms with Crippen molar-refractivity contribution in [2.45, 2.75) is 12.8 Å². The largest absolute Gasteiger partial charge is 0.428 e. The number of hydrogen-bond donors (Lipinski definition) is 3. The van der Waals surface area contributed by atoms with Gasteiger partial charge >= 0.3 is 5.97 Å². The van der Waals surface area contributed by atoms with Gasteiger partial charge in [-0.05, 0) is 67.5 Å². The van der Waals surface area contributed by atoms with Crippen molar-refractivity contribution in [3.63, 3.8) is 0 Å². The summed E-state index contributed by atoms with van der Waals surface area (Å²) in [7, 11) is 0. The Balaban J connectivity index is 1.75. The number of aromatic amines is 2. The van der Waals surface area contributed by atoms with E-state index in [1.807, 2.05) is 42.5 Å². The number of carbonyl (C=O) groups is 1. The highest BCUT2D eigenvalue weighted by Gasteiger charge is 2.32. The molecule has 0 saturated carbocycles. The van der Waals surface area contributed by atoms with Crippen LogP contribution in [-0.4, -0.2) is 30.9 Å². The Morgan fingerprint density at radius 3 is 2.54 bits per heavy atom. The third kappa shape index (κ3) is 2.13. The van der Waals surface area contributed by atoms with Gasteiger partial charge in [0, 0.05) is 16.7 Å². The number of carbonyl (C=O) groups excluding carboxylic acids is 1. The van der Waals surface area contributed by atoms with Crippen molar-refractivity contribution < 1.29 is 14.8 Å². The van der Waals surface area contributed by atoms with E-state index in [1.54, 1.807) is 17.2 Å². The first kappa shape index (κ1) is 15.2. The van der Waals surface area contributed by atoms with Crippen LogP contribution in [0.2, 0.25) is 0 Å². The maximum atomic E-state index is 13.2. The highest BCUT2D eigenvalue weighted by atomic mass is 16.7. The second-order valence-electron chi connectivity index (χ2n) is 7.12. The zero-order valence-electron chi connectivity index (χ0n) is 14.8. The van der Waals surface area contributed by atoms with Gasteiger partial charge in [0.05, 0.1) is 28.1 Å². The van der Waals surface area contributed by atoms with E-state index in [9.17, 15) is 10.0 Å². The second-order valence-corrected chi connectivity index (χ2v) is 7.12. The van der Waals surface area contributed by atoms with E-state index in [2.05, 4.69) is 9.97 Å². The fourth-order valence-electron chi connectivity index (χ4n) is 4.00. The fourth-order valence-corrected chi connectivity index (χ4v) is 4.00. The lowest BCUT2D eigenvalue weighted by Crippen LogP contribution is -2.27. The zero-order valence-corrected chi connectivity index (χ0v) is 14.8. The molecule has 1 saturated heterocycles. The van der Waals surface area contributed by atoms with Crippen molar-refractivity contribution >= 4 is 29.8 Å². The van der Waals surface area contributed by atoms with Crippen LogP contribution in [0.3, 0.4) is 0 Å². The van der Waals surface area contributed by atoms with Crippen LogP contribution in [0, 0.1) is 0 Å². The number of H-pyrrole nitrogens is 2. The molecule has 0 aromatic carbocycles. The van der Waals surface area contributed by atoms with Gasteiger partial charge in [-0.1, -0.05) is 0 Å². The molecule has 138 valence electrons. The maximum absolute atomic E-state index is 13.2. The summed E-state index contributed by atoms with van der Waals surface area (Å²) >= 11 is 0. The van der Waals surface area contributed by atoms with Crippen molar-refractivity contribution in [3.05, 3.63) is 81.3 Å². The molecule has 1 fully saturated rings. The molecule has 3 N–H and O–H groups in total. The molecule has 8 bridgehead atoms. The van der Waals surface area contributed by atoms with Crippen LogP contribution in [0.4, 0.5) is 0 Å². The molecule has 7 heteroatoms. The van der Waals surface area contributed by atoms with Gasteiger partial charge < -0.3 is 20.0 Å². The highest BCUT2D eigenvalue weighted by Crippen LogP contribution is 2.36. The van der Waals surface area contributed by atoms with E-state index in [-0.39, 0.29) is 5.57 Å². The first-order chi connectivity index (χ1) is 13.7. The SMILES string of the molecule is O=C1ON2C3=Cc4ccc([nH]4)C=c4ccc([nH]4)=C1c1ccc(n1O)C=C2CC3. The van der Waals surface area contributed by atoms with Gasteiger partial charge in [0.1, 0.15) is 5.57 Å². The van der Waals surface area contributed by atoms with Crippen LogP contribution in [0.1, 0.15) is 35.6 Å². The highest BCUT2D eigenvalue weighted by molar-refractivity contribution is 6.15. The van der Waals surface area contributed by atoms with Crippen LogP contribution in [0.15, 0.2) is 47.8 Å². The van der Waals surface area contributed by atoms with E-state index in [0.717, 1.165) is 39.3 Å². The summed E-state index contributed by atoms with van der Waals surface area (Å²) in [4.78, 5) is 25.6. The molecular weight excluding hydrogens is 356 g/mol. The Kier molecular flexibility index (Phi) is 2.89. The Hall–Kier alpha value is -3.87. The van der Waals surface area contributed by atoms with E-state index >= 15 is 0 Å². The fraction of sp³-hybridized carbons (Fsp3) is 0.0952. The van der Waals surface area contributed by atoms with E-state index in [0.29, 0.717) is 23.2 Å². The van der Waals surface area contributed by atoms with Gasteiger partial charge in [-0.2, -0.15) is 9.79 Å². The lowest BCUT2D eigenvalue weighted by atomic mass is 10.2. The molecule has 3 aromatic heterocycles. The minimum atomic E-state index is -0.528. The summed E-state index contributed by atoms with van der Waals surface area (Å²) in [5.41, 5.74) is 4.85. The number of hydroxylamine groups is 2. The summed E-state index contributed by atoms with van der Waals surface area (Å²) in [6.45, 7) is 0. The topological polar surface area (TPSA) is 86.3 Å². The Labute approximate surface area is 159 Å². The number of nitrogens with one attached hydrogen (secondary N) is 2. The molecule has 6 rings (SSSR count). The average Bonchev–Trinajstić information content (AvgIpc) is 3.44. The summed E-state index contributed by atoms with van der Waals surface area (Å²) < 4.78 is 1.04.